The van der Waals surface area contributed by atoms with Gasteiger partial charge in [-0.1, -0.05) is 55.6 Å². The summed E-state index contributed by atoms with van der Waals surface area (Å²) in [4.78, 5) is 0. The van der Waals surface area contributed by atoms with Crippen LogP contribution in [-0.4, -0.2) is 11.7 Å². The Morgan fingerprint density at radius 3 is 2.05 bits per heavy atom. The number of aliphatic hydroxyl groups is 1. The van der Waals surface area contributed by atoms with Crippen molar-refractivity contribution >= 4 is 43.5 Å². The average molecular weight is 420 g/mol. The molecule has 0 spiro atoms. The molecule has 2 nitrogen and oxygen atoms in total. The van der Waals surface area contributed by atoms with Crippen molar-refractivity contribution in [3.63, 3.8) is 0 Å². The van der Waals surface area contributed by atoms with Gasteiger partial charge in [0, 0.05) is 26.4 Å². The van der Waals surface area contributed by atoms with Crippen LogP contribution < -0.4 is 5.73 Å². The number of hydrogen-bond acceptors (Lipinski definition) is 2. The van der Waals surface area contributed by atoms with E-state index >= 15 is 0 Å². The van der Waals surface area contributed by atoms with Gasteiger partial charge in [-0.15, -0.1) is 0 Å². The first-order valence-corrected chi connectivity index (χ1v) is 8.07. The molecule has 2 aromatic carbocycles. The standard InChI is InChI=1S/C15H14Br2ClNO/c16-11-5-10(6-12(17)7-11)15(20)14(8-19)9-1-3-13(18)4-2-9/h1-7,14-15,20H,8,19H2. The normalized spacial score (nSPS) is 14.1. The summed E-state index contributed by atoms with van der Waals surface area (Å²) in [5.74, 6) is -0.173. The van der Waals surface area contributed by atoms with E-state index in [1.54, 1.807) is 0 Å². The summed E-state index contributed by atoms with van der Waals surface area (Å²) in [6.45, 7) is 0.354. The van der Waals surface area contributed by atoms with Crippen LogP contribution >= 0.6 is 43.5 Å². The molecule has 0 amide bonds. The van der Waals surface area contributed by atoms with Crippen molar-refractivity contribution in [3.05, 3.63) is 67.6 Å². The molecule has 0 radical (unpaired) electrons. The first-order chi connectivity index (χ1) is 9.51. The fourth-order valence-electron chi connectivity index (χ4n) is 2.14. The molecule has 2 aromatic rings. The Kier molecular flexibility index (Phi) is 5.64. The predicted octanol–water partition coefficient (Wildman–Crippen LogP) is 4.64. The van der Waals surface area contributed by atoms with Crippen molar-refractivity contribution in [1.29, 1.82) is 0 Å². The van der Waals surface area contributed by atoms with E-state index in [1.165, 1.54) is 0 Å². The second-order valence-corrected chi connectivity index (χ2v) is 6.81. The summed E-state index contributed by atoms with van der Waals surface area (Å²) >= 11 is 12.7. The number of hydrogen-bond donors (Lipinski definition) is 2. The zero-order chi connectivity index (χ0) is 14.7. The van der Waals surface area contributed by atoms with Crippen molar-refractivity contribution in [1.82, 2.24) is 0 Å². The van der Waals surface area contributed by atoms with Gasteiger partial charge in [0.05, 0.1) is 6.10 Å². The maximum Gasteiger partial charge on any atom is 0.0871 e. The number of halogens is 3. The van der Waals surface area contributed by atoms with Crippen LogP contribution in [0, 0.1) is 0 Å². The van der Waals surface area contributed by atoms with E-state index in [0.29, 0.717) is 11.6 Å². The Hall–Kier alpha value is -0.390. The van der Waals surface area contributed by atoms with Crippen molar-refractivity contribution in [2.45, 2.75) is 12.0 Å². The lowest BCUT2D eigenvalue weighted by Crippen LogP contribution is -2.20. The van der Waals surface area contributed by atoms with E-state index in [9.17, 15) is 5.11 Å². The summed E-state index contributed by atoms with van der Waals surface area (Å²) in [5.41, 5.74) is 7.63. The van der Waals surface area contributed by atoms with Gasteiger partial charge in [-0.2, -0.15) is 0 Å². The smallest absolute Gasteiger partial charge is 0.0871 e. The summed E-state index contributed by atoms with van der Waals surface area (Å²) in [6, 6.07) is 13.1. The minimum atomic E-state index is -0.671. The average Bonchev–Trinajstić information content (AvgIpc) is 2.40. The van der Waals surface area contributed by atoms with Gasteiger partial charge in [-0.3, -0.25) is 0 Å². The number of benzene rings is 2. The Labute approximate surface area is 140 Å². The summed E-state index contributed by atoms with van der Waals surface area (Å²) in [6.07, 6.45) is -0.671. The minimum absolute atomic E-state index is 0.173. The summed E-state index contributed by atoms with van der Waals surface area (Å²) in [5, 5.41) is 11.3. The Morgan fingerprint density at radius 1 is 1.00 bits per heavy atom. The molecule has 0 saturated heterocycles. The SMILES string of the molecule is NCC(c1ccc(Cl)cc1)C(O)c1cc(Br)cc(Br)c1. The second-order valence-electron chi connectivity index (χ2n) is 4.54. The molecule has 0 aromatic heterocycles. The predicted molar refractivity (Wildman–Crippen MR) is 90.0 cm³/mol. The molecule has 0 aliphatic rings. The molecule has 2 atom stereocenters. The Balaban J connectivity index is 2.33. The molecule has 20 heavy (non-hydrogen) atoms. The Bertz CT molecular complexity index is 569. The van der Waals surface area contributed by atoms with Gasteiger partial charge in [-0.25, -0.2) is 0 Å². The molecule has 0 saturated carbocycles. The van der Waals surface area contributed by atoms with Gasteiger partial charge in [0.2, 0.25) is 0 Å². The largest absolute Gasteiger partial charge is 0.388 e. The van der Waals surface area contributed by atoms with Crippen molar-refractivity contribution in [3.8, 4) is 0 Å². The van der Waals surface area contributed by atoms with E-state index in [4.69, 9.17) is 17.3 Å². The third kappa shape index (κ3) is 3.83. The lowest BCUT2D eigenvalue weighted by Gasteiger charge is -2.23. The van der Waals surface area contributed by atoms with E-state index < -0.39 is 6.10 Å². The molecule has 0 aliphatic heterocycles. The molecule has 0 fully saturated rings. The van der Waals surface area contributed by atoms with E-state index in [1.807, 2.05) is 42.5 Å². The first kappa shape index (κ1) is 16.0. The van der Waals surface area contributed by atoms with Crippen molar-refractivity contribution in [2.24, 2.45) is 5.73 Å². The monoisotopic (exact) mass is 417 g/mol. The van der Waals surface area contributed by atoms with Crippen LogP contribution in [0.3, 0.4) is 0 Å². The summed E-state index contributed by atoms with van der Waals surface area (Å²) < 4.78 is 1.82. The molecule has 3 N–H and O–H groups in total. The van der Waals surface area contributed by atoms with Crippen LogP contribution in [-0.2, 0) is 0 Å². The highest BCUT2D eigenvalue weighted by atomic mass is 79.9. The Morgan fingerprint density at radius 2 is 1.55 bits per heavy atom. The van der Waals surface area contributed by atoms with Gasteiger partial charge in [0.15, 0.2) is 0 Å². The van der Waals surface area contributed by atoms with Crippen LogP contribution in [0.5, 0.6) is 0 Å². The van der Waals surface area contributed by atoms with Gasteiger partial charge in [-0.05, 0) is 41.5 Å². The van der Waals surface area contributed by atoms with Gasteiger partial charge in [0.25, 0.3) is 0 Å². The van der Waals surface area contributed by atoms with Gasteiger partial charge in [0.1, 0.15) is 0 Å². The highest BCUT2D eigenvalue weighted by molar-refractivity contribution is 9.11. The van der Waals surface area contributed by atoms with Crippen molar-refractivity contribution in [2.75, 3.05) is 6.54 Å². The fraction of sp³-hybridized carbons (Fsp3) is 0.200. The molecular weight excluding hydrogens is 405 g/mol. The third-order valence-electron chi connectivity index (χ3n) is 3.16. The zero-order valence-electron chi connectivity index (χ0n) is 10.6. The topological polar surface area (TPSA) is 46.2 Å². The maximum atomic E-state index is 10.6. The fourth-order valence-corrected chi connectivity index (χ4v) is 3.59. The molecule has 0 heterocycles. The third-order valence-corrected chi connectivity index (χ3v) is 4.33. The first-order valence-electron chi connectivity index (χ1n) is 6.11. The maximum absolute atomic E-state index is 10.6. The van der Waals surface area contributed by atoms with Crippen LogP contribution in [0.15, 0.2) is 51.4 Å². The van der Waals surface area contributed by atoms with Gasteiger partial charge >= 0.3 is 0 Å². The van der Waals surface area contributed by atoms with Crippen LogP contribution in [0.25, 0.3) is 0 Å². The number of rotatable bonds is 4. The number of nitrogens with two attached hydrogens (primary N) is 1. The highest BCUT2D eigenvalue weighted by Gasteiger charge is 2.22. The highest BCUT2D eigenvalue weighted by Crippen LogP contribution is 2.33. The second kappa shape index (κ2) is 7.05. The summed E-state index contributed by atoms with van der Waals surface area (Å²) in [7, 11) is 0. The van der Waals surface area contributed by atoms with Crippen LogP contribution in [0.4, 0.5) is 0 Å². The van der Waals surface area contributed by atoms with E-state index in [0.717, 1.165) is 20.1 Å². The molecule has 0 bridgehead atoms. The van der Waals surface area contributed by atoms with Crippen LogP contribution in [0.1, 0.15) is 23.1 Å². The molecule has 106 valence electrons. The molecule has 2 rings (SSSR count). The van der Waals surface area contributed by atoms with E-state index in [-0.39, 0.29) is 5.92 Å². The molecule has 2 unspecified atom stereocenters. The molecule has 5 heteroatoms. The quantitative estimate of drug-likeness (QED) is 0.758. The van der Waals surface area contributed by atoms with Crippen LogP contribution in [0.2, 0.25) is 5.02 Å². The minimum Gasteiger partial charge on any atom is -0.388 e. The van der Waals surface area contributed by atoms with Gasteiger partial charge < -0.3 is 10.8 Å². The lowest BCUT2D eigenvalue weighted by molar-refractivity contribution is 0.147. The number of aliphatic hydroxyl groups excluding tert-OH is 1. The zero-order valence-corrected chi connectivity index (χ0v) is 14.5. The lowest BCUT2D eigenvalue weighted by atomic mass is 9.89. The molecule has 0 aliphatic carbocycles. The van der Waals surface area contributed by atoms with Crippen molar-refractivity contribution < 1.29 is 5.11 Å². The molecular formula is C15H14Br2ClNO. The van der Waals surface area contributed by atoms with E-state index in [2.05, 4.69) is 31.9 Å².